The molecule has 0 aliphatic rings. The van der Waals surface area contributed by atoms with Gasteiger partial charge in [0.1, 0.15) is 0 Å². The van der Waals surface area contributed by atoms with Gasteiger partial charge in [-0.2, -0.15) is 0 Å². The maximum atomic E-state index is 4.85. The normalized spacial score (nSPS) is 12.2. The van der Waals surface area contributed by atoms with E-state index in [1.807, 2.05) is 13.8 Å². The van der Waals surface area contributed by atoms with E-state index in [0.29, 0.717) is 6.04 Å². The van der Waals surface area contributed by atoms with Gasteiger partial charge in [-0.15, -0.1) is 0 Å². The Bertz CT molecular complexity index is 970. The predicted molar refractivity (Wildman–Crippen MR) is 123 cm³/mol. The molecular weight excluding hydrogens is 342 g/mol. The Morgan fingerprint density at radius 2 is 1.39 bits per heavy atom. The molecule has 0 spiro atoms. The number of fused-ring (bicyclic) bond motifs is 2. The summed E-state index contributed by atoms with van der Waals surface area (Å²) < 4.78 is 0. The number of aliphatic imine (C=N–C) groups is 2. The molecule has 0 unspecified atom stereocenters. The maximum absolute atomic E-state index is 4.85. The first-order chi connectivity index (χ1) is 13.4. The van der Waals surface area contributed by atoms with E-state index in [0.717, 1.165) is 18.2 Å². The second kappa shape index (κ2) is 8.55. The summed E-state index contributed by atoms with van der Waals surface area (Å²) in [4.78, 5) is 12.0. The van der Waals surface area contributed by atoms with E-state index in [1.165, 1.54) is 27.1 Å². The molecule has 0 heterocycles. The smallest absolute Gasteiger partial charge is 0.221 e. The molecule has 28 heavy (non-hydrogen) atoms. The Hall–Kier alpha value is -2.68. The maximum Gasteiger partial charge on any atom is 0.221 e. The van der Waals surface area contributed by atoms with Crippen molar-refractivity contribution in [3.63, 3.8) is 0 Å². The lowest BCUT2D eigenvalue weighted by Gasteiger charge is -2.29. The average Bonchev–Trinajstić information content (AvgIpc) is 2.63. The van der Waals surface area contributed by atoms with E-state index < -0.39 is 0 Å². The molecule has 0 aliphatic carbocycles. The molecule has 0 atom stereocenters. The van der Waals surface area contributed by atoms with Gasteiger partial charge in [0.15, 0.2) is 0 Å². The van der Waals surface area contributed by atoms with Crippen molar-refractivity contribution in [2.75, 3.05) is 0 Å². The Balaban J connectivity index is 2.20. The summed E-state index contributed by atoms with van der Waals surface area (Å²) in [6.45, 7) is 13.5. The minimum atomic E-state index is 0.198. The van der Waals surface area contributed by atoms with E-state index in [1.54, 1.807) is 0 Å². The van der Waals surface area contributed by atoms with Gasteiger partial charge in [0.2, 0.25) is 5.96 Å². The first kappa shape index (κ1) is 20.1. The number of rotatable bonds is 4. The monoisotopic (exact) mass is 373 g/mol. The van der Waals surface area contributed by atoms with Crippen LogP contribution in [0.2, 0.25) is 0 Å². The molecule has 0 N–H and O–H groups in total. The van der Waals surface area contributed by atoms with E-state index in [4.69, 9.17) is 9.98 Å². The number of guanidine groups is 1. The van der Waals surface area contributed by atoms with E-state index in [-0.39, 0.29) is 6.04 Å². The molecule has 3 heteroatoms. The lowest BCUT2D eigenvalue weighted by atomic mass is 9.96. The van der Waals surface area contributed by atoms with E-state index in [9.17, 15) is 0 Å². The second-order valence-electron chi connectivity index (χ2n) is 8.10. The molecule has 0 saturated heterocycles. The van der Waals surface area contributed by atoms with Gasteiger partial charge < -0.3 is 4.90 Å². The Morgan fingerprint density at radius 1 is 0.857 bits per heavy atom. The summed E-state index contributed by atoms with van der Waals surface area (Å²) in [6, 6.07) is 20.1. The van der Waals surface area contributed by atoms with Crippen LogP contribution in [-0.2, 0) is 6.54 Å². The van der Waals surface area contributed by atoms with Crippen molar-refractivity contribution in [2.24, 2.45) is 9.98 Å². The van der Waals surface area contributed by atoms with Gasteiger partial charge in [-0.3, -0.25) is 0 Å². The van der Waals surface area contributed by atoms with E-state index in [2.05, 4.69) is 87.2 Å². The molecule has 0 aliphatic heterocycles. The fourth-order valence-electron chi connectivity index (χ4n) is 3.53. The standard InChI is InChI=1S/C25H31N3/c1-17(2)26-25(27-18(3)4)28(19(5)6)16-24-22-13-9-7-11-20(22)15-21-12-8-10-14-23(21)24/h7-15,17,19H,16H2,1-6H3/b26-25-. The highest BCUT2D eigenvalue weighted by molar-refractivity contribution is 6.02. The largest absolute Gasteiger partial charge is 0.334 e. The van der Waals surface area contributed by atoms with Crippen LogP contribution in [0.4, 0.5) is 0 Å². The molecule has 3 aromatic rings. The van der Waals surface area contributed by atoms with Crippen molar-refractivity contribution < 1.29 is 0 Å². The summed E-state index contributed by atoms with van der Waals surface area (Å²) in [5.74, 6) is 0.821. The van der Waals surface area contributed by atoms with Crippen LogP contribution in [-0.4, -0.2) is 28.7 Å². The van der Waals surface area contributed by atoms with Crippen LogP contribution in [0.1, 0.15) is 47.1 Å². The van der Waals surface area contributed by atoms with Gasteiger partial charge in [0, 0.05) is 24.3 Å². The summed E-state index contributed by atoms with van der Waals surface area (Å²) in [5.41, 5.74) is 2.36. The number of benzene rings is 3. The molecule has 0 bridgehead atoms. The fraction of sp³-hybridized carbons (Fsp3) is 0.360. The highest BCUT2D eigenvalue weighted by Gasteiger charge is 2.18. The molecule has 3 rings (SSSR count). The number of nitrogens with zero attached hydrogens (tertiary/aromatic N) is 3. The summed E-state index contributed by atoms with van der Waals surface area (Å²) >= 11 is 0. The topological polar surface area (TPSA) is 28.0 Å². The van der Waals surface area contributed by atoms with Crippen LogP contribution < -0.4 is 0 Å². The third-order valence-corrected chi connectivity index (χ3v) is 4.79. The van der Waals surface area contributed by atoms with Gasteiger partial charge in [-0.05, 0) is 74.7 Å². The quantitative estimate of drug-likeness (QED) is 0.293. The molecule has 3 aromatic carbocycles. The molecule has 0 saturated carbocycles. The predicted octanol–water partition coefficient (Wildman–Crippen LogP) is 6.45. The summed E-state index contributed by atoms with van der Waals surface area (Å²) in [6.07, 6.45) is 0. The Kier molecular flexibility index (Phi) is 6.13. The van der Waals surface area contributed by atoms with Crippen LogP contribution in [0.3, 0.4) is 0 Å². The first-order valence-electron chi connectivity index (χ1n) is 10.1. The third kappa shape index (κ3) is 4.41. The van der Waals surface area contributed by atoms with Crippen LogP contribution >= 0.6 is 0 Å². The van der Waals surface area contributed by atoms with Gasteiger partial charge >= 0.3 is 0 Å². The minimum absolute atomic E-state index is 0.198. The molecular formula is C25H31N3. The molecule has 0 aromatic heterocycles. The van der Waals surface area contributed by atoms with Crippen LogP contribution in [0.25, 0.3) is 21.5 Å². The van der Waals surface area contributed by atoms with Crippen molar-refractivity contribution in [1.82, 2.24) is 4.90 Å². The first-order valence-corrected chi connectivity index (χ1v) is 10.1. The summed E-state index contributed by atoms with van der Waals surface area (Å²) in [5, 5.41) is 5.15. The fourth-order valence-corrected chi connectivity index (χ4v) is 3.53. The molecule has 146 valence electrons. The van der Waals surface area contributed by atoms with Crippen LogP contribution in [0.15, 0.2) is 64.6 Å². The van der Waals surface area contributed by atoms with Gasteiger partial charge in [0.25, 0.3) is 0 Å². The average molecular weight is 374 g/mol. The zero-order chi connectivity index (χ0) is 20.3. The Labute approximate surface area is 168 Å². The SMILES string of the molecule is CC(C)=N/C(=N/C(C)C)N(Cc1c2ccccc2cc2ccccc12)C(C)C. The number of hydrogen-bond donors (Lipinski definition) is 0. The van der Waals surface area contributed by atoms with Crippen molar-refractivity contribution in [3.05, 3.63) is 60.2 Å². The highest BCUT2D eigenvalue weighted by atomic mass is 15.3. The molecule has 3 nitrogen and oxygen atoms in total. The Morgan fingerprint density at radius 3 is 1.86 bits per heavy atom. The second-order valence-corrected chi connectivity index (χ2v) is 8.10. The van der Waals surface area contributed by atoms with Crippen LogP contribution in [0, 0.1) is 0 Å². The van der Waals surface area contributed by atoms with Crippen molar-refractivity contribution >= 4 is 33.2 Å². The zero-order valence-corrected chi connectivity index (χ0v) is 17.9. The van der Waals surface area contributed by atoms with Gasteiger partial charge in [-0.1, -0.05) is 48.5 Å². The lowest BCUT2D eigenvalue weighted by molar-refractivity contribution is 0.339. The zero-order valence-electron chi connectivity index (χ0n) is 17.9. The molecule has 0 fully saturated rings. The summed E-state index contributed by atoms with van der Waals surface area (Å²) in [7, 11) is 0. The molecule has 0 radical (unpaired) electrons. The van der Waals surface area contributed by atoms with E-state index >= 15 is 0 Å². The number of hydrogen-bond acceptors (Lipinski definition) is 1. The lowest BCUT2D eigenvalue weighted by Crippen LogP contribution is -2.36. The highest BCUT2D eigenvalue weighted by Crippen LogP contribution is 2.30. The van der Waals surface area contributed by atoms with Crippen molar-refractivity contribution in [2.45, 2.75) is 60.2 Å². The van der Waals surface area contributed by atoms with Crippen LogP contribution in [0.5, 0.6) is 0 Å². The third-order valence-electron chi connectivity index (χ3n) is 4.79. The molecule has 0 amide bonds. The van der Waals surface area contributed by atoms with Crippen molar-refractivity contribution in [3.8, 4) is 0 Å². The van der Waals surface area contributed by atoms with Gasteiger partial charge in [0.05, 0.1) is 0 Å². The minimum Gasteiger partial charge on any atom is -0.334 e. The van der Waals surface area contributed by atoms with Gasteiger partial charge in [-0.25, -0.2) is 9.98 Å². The van der Waals surface area contributed by atoms with Crippen molar-refractivity contribution in [1.29, 1.82) is 0 Å².